The lowest BCUT2D eigenvalue weighted by Gasteiger charge is -2.16. The Balaban J connectivity index is 2.68. The first-order valence-corrected chi connectivity index (χ1v) is 7.41. The van der Waals surface area contributed by atoms with E-state index in [2.05, 4.69) is 0 Å². The highest BCUT2D eigenvalue weighted by Gasteiger charge is 2.19. The molecule has 0 fully saturated rings. The molecule has 0 aliphatic heterocycles. The molecule has 0 aliphatic carbocycles. The second-order valence-corrected chi connectivity index (χ2v) is 6.12. The van der Waals surface area contributed by atoms with Gasteiger partial charge in [0.15, 0.2) is 0 Å². The Labute approximate surface area is 109 Å². The van der Waals surface area contributed by atoms with Crippen molar-refractivity contribution in [3.05, 3.63) is 29.8 Å². The topological polar surface area (TPSA) is 63.6 Å². The maximum atomic E-state index is 11.9. The second-order valence-electron chi connectivity index (χ2n) is 4.50. The minimum absolute atomic E-state index is 0.00871. The Morgan fingerprint density at radius 3 is 2.33 bits per heavy atom. The molecule has 0 saturated heterocycles. The summed E-state index contributed by atoms with van der Waals surface area (Å²) in [4.78, 5) is 0.145. The van der Waals surface area contributed by atoms with Gasteiger partial charge in [-0.05, 0) is 25.5 Å². The molecule has 1 N–H and O–H groups in total. The predicted molar refractivity (Wildman–Crippen MR) is 69.8 cm³/mol. The summed E-state index contributed by atoms with van der Waals surface area (Å²) < 4.78 is 28.7. The summed E-state index contributed by atoms with van der Waals surface area (Å²) in [6.07, 6.45) is 0.0352. The summed E-state index contributed by atoms with van der Waals surface area (Å²) in [7, 11) is -3.72. The van der Waals surface area contributed by atoms with E-state index in [0.717, 1.165) is 5.56 Å². The fourth-order valence-electron chi connectivity index (χ4n) is 1.48. The van der Waals surface area contributed by atoms with Gasteiger partial charge >= 0.3 is 0 Å². The van der Waals surface area contributed by atoms with E-state index in [9.17, 15) is 13.5 Å². The lowest BCUT2D eigenvalue weighted by Crippen LogP contribution is -2.23. The predicted octanol–water partition coefficient (Wildman–Crippen LogP) is 2.11. The van der Waals surface area contributed by atoms with Crippen LogP contribution in [0.3, 0.4) is 0 Å². The molecule has 0 radical (unpaired) electrons. The van der Waals surface area contributed by atoms with Crippen LogP contribution >= 0.6 is 0 Å². The van der Waals surface area contributed by atoms with Crippen LogP contribution in [-0.2, 0) is 14.3 Å². The molecule has 5 heteroatoms. The van der Waals surface area contributed by atoms with Crippen LogP contribution in [0.15, 0.2) is 29.2 Å². The van der Waals surface area contributed by atoms with Crippen molar-refractivity contribution in [2.24, 2.45) is 5.92 Å². The molecule has 1 rings (SSSR count). The summed E-state index contributed by atoms with van der Waals surface area (Å²) in [5.74, 6) is -0.213. The Morgan fingerprint density at radius 1 is 1.28 bits per heavy atom. The Kier molecular flexibility index (Phi) is 5.31. The van der Waals surface area contributed by atoms with Crippen molar-refractivity contribution in [1.82, 2.24) is 0 Å². The van der Waals surface area contributed by atoms with Gasteiger partial charge in [-0.3, -0.25) is 4.18 Å². The molecule has 102 valence electrons. The number of aliphatic hydroxyl groups is 1. The van der Waals surface area contributed by atoms with E-state index in [4.69, 9.17) is 4.18 Å². The number of benzene rings is 1. The third kappa shape index (κ3) is 4.08. The quantitative estimate of drug-likeness (QED) is 0.806. The van der Waals surface area contributed by atoms with Gasteiger partial charge in [0.05, 0.1) is 17.6 Å². The van der Waals surface area contributed by atoms with Gasteiger partial charge in [0, 0.05) is 5.92 Å². The van der Waals surface area contributed by atoms with Crippen molar-refractivity contribution in [3.63, 3.8) is 0 Å². The van der Waals surface area contributed by atoms with Gasteiger partial charge in [0.1, 0.15) is 0 Å². The summed E-state index contributed by atoms with van der Waals surface area (Å²) in [6.45, 7) is 5.48. The van der Waals surface area contributed by atoms with Gasteiger partial charge in [-0.1, -0.05) is 31.5 Å². The molecule has 2 atom stereocenters. The number of aryl methyl sites for hydroxylation is 1. The molecule has 0 unspecified atom stereocenters. The normalized spacial score (nSPS) is 15.3. The summed E-state index contributed by atoms with van der Waals surface area (Å²) in [5, 5.41) is 9.56. The third-order valence-corrected chi connectivity index (χ3v) is 4.17. The molecule has 0 aliphatic rings. The Morgan fingerprint density at radius 2 is 1.83 bits per heavy atom. The zero-order valence-electron chi connectivity index (χ0n) is 11.0. The number of aliphatic hydroxyl groups excluding tert-OH is 1. The Bertz CT molecular complexity index is 464. The van der Waals surface area contributed by atoms with E-state index in [0.29, 0.717) is 6.42 Å². The molecule has 1 aromatic carbocycles. The lowest BCUT2D eigenvalue weighted by molar-refractivity contribution is 0.0833. The highest BCUT2D eigenvalue weighted by atomic mass is 32.2. The molecule has 0 amide bonds. The molecule has 18 heavy (non-hydrogen) atoms. The minimum atomic E-state index is -3.72. The van der Waals surface area contributed by atoms with Crippen LogP contribution in [0.5, 0.6) is 0 Å². The van der Waals surface area contributed by atoms with Gasteiger partial charge in [-0.2, -0.15) is 8.42 Å². The van der Waals surface area contributed by atoms with E-state index in [-0.39, 0.29) is 17.4 Å². The highest BCUT2D eigenvalue weighted by Crippen LogP contribution is 2.16. The zero-order valence-corrected chi connectivity index (χ0v) is 11.8. The van der Waals surface area contributed by atoms with Gasteiger partial charge in [0.25, 0.3) is 10.1 Å². The maximum absolute atomic E-state index is 11.9. The average Bonchev–Trinajstić information content (AvgIpc) is 2.35. The molecule has 1 aromatic rings. The van der Waals surface area contributed by atoms with Crippen molar-refractivity contribution < 1.29 is 17.7 Å². The van der Waals surface area contributed by atoms with Crippen molar-refractivity contribution in [2.75, 3.05) is 6.61 Å². The van der Waals surface area contributed by atoms with E-state index in [1.165, 1.54) is 12.1 Å². The van der Waals surface area contributed by atoms with Crippen LogP contribution in [-0.4, -0.2) is 26.2 Å². The monoisotopic (exact) mass is 272 g/mol. The Hall–Kier alpha value is -0.910. The first-order chi connectivity index (χ1) is 8.36. The number of hydrogen-bond acceptors (Lipinski definition) is 4. The number of hydrogen-bond donors (Lipinski definition) is 1. The molecule has 0 bridgehead atoms. The third-order valence-electron chi connectivity index (χ3n) is 2.87. The maximum Gasteiger partial charge on any atom is 0.296 e. The van der Waals surface area contributed by atoms with E-state index in [1.807, 2.05) is 13.8 Å². The SMILES string of the molecule is CC[C@H](O)[C@@H](C)COS(=O)(=O)c1ccc(C)cc1. The first-order valence-electron chi connectivity index (χ1n) is 6.01. The minimum Gasteiger partial charge on any atom is -0.393 e. The fourth-order valence-corrected chi connectivity index (χ4v) is 2.48. The van der Waals surface area contributed by atoms with Crippen molar-refractivity contribution in [1.29, 1.82) is 0 Å². The molecular weight excluding hydrogens is 252 g/mol. The molecule has 4 nitrogen and oxygen atoms in total. The van der Waals surface area contributed by atoms with Crippen LogP contribution in [0.25, 0.3) is 0 Å². The fraction of sp³-hybridized carbons (Fsp3) is 0.538. The van der Waals surface area contributed by atoms with Crippen molar-refractivity contribution in [2.45, 2.75) is 38.2 Å². The number of rotatable bonds is 6. The zero-order chi connectivity index (χ0) is 13.8. The van der Waals surface area contributed by atoms with Crippen molar-refractivity contribution in [3.8, 4) is 0 Å². The summed E-state index contributed by atoms with van der Waals surface area (Å²) in [6, 6.07) is 6.48. The molecule has 0 aromatic heterocycles. The lowest BCUT2D eigenvalue weighted by atomic mass is 10.0. The van der Waals surface area contributed by atoms with E-state index >= 15 is 0 Å². The molecule has 0 spiro atoms. The summed E-state index contributed by atoms with van der Waals surface area (Å²) >= 11 is 0. The van der Waals surface area contributed by atoms with Gasteiger partial charge < -0.3 is 5.11 Å². The smallest absolute Gasteiger partial charge is 0.296 e. The van der Waals surface area contributed by atoms with E-state index in [1.54, 1.807) is 19.1 Å². The van der Waals surface area contributed by atoms with Crippen molar-refractivity contribution >= 4 is 10.1 Å². The van der Waals surface area contributed by atoms with Gasteiger partial charge in [-0.15, -0.1) is 0 Å². The molecule has 0 saturated carbocycles. The summed E-state index contributed by atoms with van der Waals surface area (Å²) in [5.41, 5.74) is 0.990. The van der Waals surface area contributed by atoms with Crippen LogP contribution in [0.2, 0.25) is 0 Å². The van der Waals surface area contributed by atoms with Crippen LogP contribution in [0.1, 0.15) is 25.8 Å². The van der Waals surface area contributed by atoms with Crippen LogP contribution in [0, 0.1) is 12.8 Å². The van der Waals surface area contributed by atoms with Crippen LogP contribution < -0.4 is 0 Å². The van der Waals surface area contributed by atoms with Gasteiger partial charge in [-0.25, -0.2) is 0 Å². The van der Waals surface area contributed by atoms with E-state index < -0.39 is 16.2 Å². The standard InChI is InChI=1S/C13H20O4S/c1-4-13(14)11(3)9-17-18(15,16)12-7-5-10(2)6-8-12/h5-8,11,13-14H,4,9H2,1-3H3/t11-,13-/m0/s1. The average molecular weight is 272 g/mol. The van der Waals surface area contributed by atoms with Gasteiger partial charge in [0.2, 0.25) is 0 Å². The largest absolute Gasteiger partial charge is 0.393 e. The molecular formula is C13H20O4S. The second kappa shape index (κ2) is 6.31. The highest BCUT2D eigenvalue weighted by molar-refractivity contribution is 7.86. The molecule has 0 heterocycles. The first kappa shape index (κ1) is 15.1. The van der Waals surface area contributed by atoms with Crippen LogP contribution in [0.4, 0.5) is 0 Å².